The van der Waals surface area contributed by atoms with Crippen molar-refractivity contribution in [3.8, 4) is 5.88 Å². The average Bonchev–Trinajstić information content (AvgIpc) is 2.33. The highest BCUT2D eigenvalue weighted by Gasteiger charge is 2.05. The van der Waals surface area contributed by atoms with E-state index in [0.717, 1.165) is 0 Å². The molecule has 0 unspecified atom stereocenters. The van der Waals surface area contributed by atoms with Crippen LogP contribution in [-0.2, 0) is 4.79 Å². The van der Waals surface area contributed by atoms with Gasteiger partial charge >= 0.3 is 0 Å². The summed E-state index contributed by atoms with van der Waals surface area (Å²) in [4.78, 5) is 19.6. The second-order valence-corrected chi connectivity index (χ2v) is 4.96. The van der Waals surface area contributed by atoms with Crippen LogP contribution in [0.25, 0.3) is 0 Å². The quantitative estimate of drug-likeness (QED) is 0.781. The van der Waals surface area contributed by atoms with Crippen molar-refractivity contribution < 1.29 is 9.53 Å². The summed E-state index contributed by atoms with van der Waals surface area (Å²) < 4.78 is 5.45. The van der Waals surface area contributed by atoms with Crippen molar-refractivity contribution in [1.82, 2.24) is 15.3 Å². The van der Waals surface area contributed by atoms with Gasteiger partial charge in [0.2, 0.25) is 11.8 Å². The van der Waals surface area contributed by atoms with Crippen LogP contribution in [0.5, 0.6) is 5.88 Å². The third-order valence-corrected chi connectivity index (χ3v) is 2.14. The fourth-order valence-electron chi connectivity index (χ4n) is 1.29. The van der Waals surface area contributed by atoms with Gasteiger partial charge in [-0.05, 0) is 19.8 Å². The minimum atomic E-state index is -0.0568. The normalized spacial score (nSPS) is 10.6. The summed E-state index contributed by atoms with van der Waals surface area (Å²) in [6.45, 7) is 8.81. The van der Waals surface area contributed by atoms with Crippen LogP contribution in [0, 0.1) is 5.92 Å². The van der Waals surface area contributed by atoms with E-state index >= 15 is 0 Å². The number of aromatic nitrogens is 2. The van der Waals surface area contributed by atoms with Crippen molar-refractivity contribution in [1.29, 1.82) is 0 Å². The molecule has 0 aromatic carbocycles. The SMILES string of the molecule is CC(C)CNC(=O)CNc1cc(OC(C)C)ncn1. The predicted octanol–water partition coefficient (Wildman–Crippen LogP) is 1.45. The molecule has 0 aliphatic rings. The number of rotatable bonds is 7. The maximum absolute atomic E-state index is 11.5. The predicted molar refractivity (Wildman–Crippen MR) is 74.1 cm³/mol. The van der Waals surface area contributed by atoms with Gasteiger partial charge in [0.1, 0.15) is 12.1 Å². The third-order valence-electron chi connectivity index (χ3n) is 2.14. The maximum atomic E-state index is 11.5. The first kappa shape index (κ1) is 15.2. The van der Waals surface area contributed by atoms with E-state index in [1.807, 2.05) is 27.7 Å². The highest BCUT2D eigenvalue weighted by molar-refractivity contribution is 5.80. The van der Waals surface area contributed by atoms with Crippen LogP contribution in [0.1, 0.15) is 27.7 Å². The number of hydrogen-bond acceptors (Lipinski definition) is 5. The Kier molecular flexibility index (Phi) is 6.05. The molecule has 1 aromatic rings. The fraction of sp³-hybridized carbons (Fsp3) is 0.615. The summed E-state index contributed by atoms with van der Waals surface area (Å²) in [7, 11) is 0. The fourth-order valence-corrected chi connectivity index (χ4v) is 1.29. The third kappa shape index (κ3) is 6.59. The summed E-state index contributed by atoms with van der Waals surface area (Å²) in [6.07, 6.45) is 1.46. The van der Waals surface area contributed by atoms with Gasteiger partial charge in [-0.25, -0.2) is 9.97 Å². The molecule has 1 heterocycles. The lowest BCUT2D eigenvalue weighted by molar-refractivity contribution is -0.119. The van der Waals surface area contributed by atoms with Crippen LogP contribution in [0.4, 0.5) is 5.82 Å². The lowest BCUT2D eigenvalue weighted by Gasteiger charge is -2.11. The molecule has 0 saturated carbocycles. The van der Waals surface area contributed by atoms with Crippen molar-refractivity contribution in [3.05, 3.63) is 12.4 Å². The zero-order valence-electron chi connectivity index (χ0n) is 11.9. The smallest absolute Gasteiger partial charge is 0.239 e. The topological polar surface area (TPSA) is 76.1 Å². The van der Waals surface area contributed by atoms with E-state index in [2.05, 4.69) is 20.6 Å². The lowest BCUT2D eigenvalue weighted by atomic mass is 10.2. The molecule has 0 radical (unpaired) electrons. The van der Waals surface area contributed by atoms with E-state index in [-0.39, 0.29) is 18.6 Å². The molecule has 0 bridgehead atoms. The summed E-state index contributed by atoms with van der Waals surface area (Å²) in [5.41, 5.74) is 0. The second kappa shape index (κ2) is 7.56. The van der Waals surface area contributed by atoms with Crippen LogP contribution >= 0.6 is 0 Å². The number of hydrogen-bond donors (Lipinski definition) is 2. The molecule has 19 heavy (non-hydrogen) atoms. The molecule has 2 N–H and O–H groups in total. The molecule has 0 aliphatic heterocycles. The van der Waals surface area contributed by atoms with Crippen LogP contribution in [-0.4, -0.2) is 35.1 Å². The van der Waals surface area contributed by atoms with Crippen LogP contribution in [0.3, 0.4) is 0 Å². The van der Waals surface area contributed by atoms with Gasteiger partial charge in [-0.15, -0.1) is 0 Å². The number of amides is 1. The van der Waals surface area contributed by atoms with Crippen LogP contribution in [0.2, 0.25) is 0 Å². The largest absolute Gasteiger partial charge is 0.475 e. The number of ether oxygens (including phenoxy) is 1. The molecule has 0 atom stereocenters. The Morgan fingerprint density at radius 1 is 1.32 bits per heavy atom. The van der Waals surface area contributed by atoms with Gasteiger partial charge in [0, 0.05) is 12.6 Å². The average molecular weight is 266 g/mol. The van der Waals surface area contributed by atoms with Crippen molar-refractivity contribution in [2.24, 2.45) is 5.92 Å². The van der Waals surface area contributed by atoms with Crippen LogP contribution < -0.4 is 15.4 Å². The van der Waals surface area contributed by atoms with E-state index in [1.165, 1.54) is 6.33 Å². The van der Waals surface area contributed by atoms with Gasteiger partial charge in [0.05, 0.1) is 12.6 Å². The first-order valence-electron chi connectivity index (χ1n) is 6.46. The molecule has 0 aliphatic carbocycles. The molecule has 106 valence electrons. The number of carbonyl (C=O) groups is 1. The van der Waals surface area contributed by atoms with E-state index in [0.29, 0.717) is 24.2 Å². The summed E-state index contributed by atoms with van der Waals surface area (Å²) >= 11 is 0. The number of anilines is 1. The molecule has 0 fully saturated rings. The zero-order valence-corrected chi connectivity index (χ0v) is 11.9. The zero-order chi connectivity index (χ0) is 14.3. The first-order chi connectivity index (χ1) is 8.97. The molecule has 6 nitrogen and oxygen atoms in total. The number of nitrogens with one attached hydrogen (secondary N) is 2. The Morgan fingerprint density at radius 3 is 2.68 bits per heavy atom. The van der Waals surface area contributed by atoms with Gasteiger partial charge in [-0.1, -0.05) is 13.8 Å². The van der Waals surface area contributed by atoms with E-state index in [4.69, 9.17) is 4.74 Å². The van der Waals surface area contributed by atoms with Crippen LogP contribution in [0.15, 0.2) is 12.4 Å². The molecule has 0 spiro atoms. The molecular weight excluding hydrogens is 244 g/mol. The highest BCUT2D eigenvalue weighted by Crippen LogP contribution is 2.11. The monoisotopic (exact) mass is 266 g/mol. The molecule has 1 amide bonds. The summed E-state index contributed by atoms with van der Waals surface area (Å²) in [6, 6.07) is 1.68. The maximum Gasteiger partial charge on any atom is 0.239 e. The first-order valence-corrected chi connectivity index (χ1v) is 6.46. The van der Waals surface area contributed by atoms with Gasteiger partial charge < -0.3 is 15.4 Å². The van der Waals surface area contributed by atoms with Crippen molar-refractivity contribution >= 4 is 11.7 Å². The molecule has 1 rings (SSSR count). The summed E-state index contributed by atoms with van der Waals surface area (Å²) in [5, 5.41) is 5.76. The number of nitrogens with zero attached hydrogens (tertiary/aromatic N) is 2. The van der Waals surface area contributed by atoms with Gasteiger partial charge in [0.15, 0.2) is 0 Å². The Morgan fingerprint density at radius 2 is 2.05 bits per heavy atom. The highest BCUT2D eigenvalue weighted by atomic mass is 16.5. The van der Waals surface area contributed by atoms with Crippen molar-refractivity contribution in [2.75, 3.05) is 18.4 Å². The molecule has 6 heteroatoms. The van der Waals surface area contributed by atoms with Gasteiger partial charge in [-0.3, -0.25) is 4.79 Å². The molecule has 0 saturated heterocycles. The van der Waals surface area contributed by atoms with Gasteiger partial charge in [-0.2, -0.15) is 0 Å². The Labute approximate surface area is 114 Å². The second-order valence-electron chi connectivity index (χ2n) is 4.96. The number of carbonyl (C=O) groups excluding carboxylic acids is 1. The minimum absolute atomic E-state index is 0.0529. The van der Waals surface area contributed by atoms with Crippen molar-refractivity contribution in [3.63, 3.8) is 0 Å². The standard InChI is InChI=1S/C13H22N4O2/c1-9(2)6-15-12(18)7-14-11-5-13(17-8-16-11)19-10(3)4/h5,8-10H,6-7H2,1-4H3,(H,15,18)(H,14,16,17). The van der Waals surface area contributed by atoms with Crippen molar-refractivity contribution in [2.45, 2.75) is 33.8 Å². The lowest BCUT2D eigenvalue weighted by Crippen LogP contribution is -2.32. The Bertz CT molecular complexity index is 407. The van der Waals surface area contributed by atoms with Gasteiger partial charge in [0.25, 0.3) is 0 Å². The minimum Gasteiger partial charge on any atom is -0.475 e. The van der Waals surface area contributed by atoms with E-state index in [9.17, 15) is 4.79 Å². The Hall–Kier alpha value is -1.85. The van der Waals surface area contributed by atoms with E-state index in [1.54, 1.807) is 6.07 Å². The Balaban J connectivity index is 2.42. The summed E-state index contributed by atoms with van der Waals surface area (Å²) in [5.74, 6) is 1.45. The molecular formula is C13H22N4O2. The van der Waals surface area contributed by atoms with E-state index < -0.39 is 0 Å². The molecule has 1 aromatic heterocycles.